The second kappa shape index (κ2) is 6.43. The summed E-state index contributed by atoms with van der Waals surface area (Å²) in [5, 5.41) is 3.00. The molecule has 0 atom stereocenters. The molecule has 0 aliphatic rings. The summed E-state index contributed by atoms with van der Waals surface area (Å²) in [5.41, 5.74) is 1.23. The minimum absolute atomic E-state index is 0.237. The predicted molar refractivity (Wildman–Crippen MR) is 86.7 cm³/mol. The number of benzene rings is 1. The van der Waals surface area contributed by atoms with Gasteiger partial charge in [-0.25, -0.2) is 12.8 Å². The highest BCUT2D eigenvalue weighted by atomic mass is 79.9. The van der Waals surface area contributed by atoms with E-state index in [9.17, 15) is 12.8 Å². The lowest BCUT2D eigenvalue weighted by atomic mass is 10.3. The van der Waals surface area contributed by atoms with Gasteiger partial charge in [0, 0.05) is 15.9 Å². The first kappa shape index (κ1) is 16.4. The molecule has 0 radical (unpaired) electrons. The first-order chi connectivity index (χ1) is 9.83. The van der Waals surface area contributed by atoms with Crippen molar-refractivity contribution in [3.8, 4) is 0 Å². The molecule has 0 aliphatic carbocycles. The van der Waals surface area contributed by atoms with Crippen molar-refractivity contribution in [3.05, 3.63) is 45.0 Å². The Balaban J connectivity index is 2.32. The predicted octanol–water partition coefficient (Wildman–Crippen LogP) is 3.48. The summed E-state index contributed by atoms with van der Waals surface area (Å²) >= 11 is 4.36. The number of sulfonamides is 1. The van der Waals surface area contributed by atoms with Gasteiger partial charge >= 0.3 is 0 Å². The topological polar surface area (TPSA) is 58.2 Å². The van der Waals surface area contributed by atoms with Gasteiger partial charge in [0.2, 0.25) is 0 Å². The molecule has 0 bridgehead atoms. The van der Waals surface area contributed by atoms with Crippen LogP contribution in [0.1, 0.15) is 10.4 Å². The molecule has 1 aromatic carbocycles. The van der Waals surface area contributed by atoms with Crippen LogP contribution >= 0.6 is 27.3 Å². The number of rotatable bonds is 5. The molecule has 2 rings (SSSR count). The Hall–Kier alpha value is -0.960. The van der Waals surface area contributed by atoms with Crippen LogP contribution in [0.2, 0.25) is 0 Å². The minimum Gasteiger partial charge on any atom is -0.315 e. The Labute approximate surface area is 135 Å². The van der Waals surface area contributed by atoms with Crippen LogP contribution in [0.4, 0.5) is 10.1 Å². The average molecular weight is 393 g/mol. The second-order valence-corrected chi connectivity index (χ2v) is 8.33. The lowest BCUT2D eigenvalue weighted by Crippen LogP contribution is -2.12. The molecule has 21 heavy (non-hydrogen) atoms. The summed E-state index contributed by atoms with van der Waals surface area (Å²) in [6, 6.07) is 5.43. The van der Waals surface area contributed by atoms with Crippen molar-refractivity contribution in [2.75, 3.05) is 11.8 Å². The molecule has 0 saturated heterocycles. The fourth-order valence-corrected chi connectivity index (χ4v) is 4.99. The van der Waals surface area contributed by atoms with E-state index >= 15 is 0 Å². The summed E-state index contributed by atoms with van der Waals surface area (Å²) in [6.45, 7) is 2.49. The molecule has 0 aliphatic heterocycles. The lowest BCUT2D eigenvalue weighted by Gasteiger charge is -2.08. The van der Waals surface area contributed by atoms with Gasteiger partial charge in [-0.2, -0.15) is 0 Å². The van der Waals surface area contributed by atoms with Crippen molar-refractivity contribution in [1.82, 2.24) is 5.32 Å². The highest BCUT2D eigenvalue weighted by Gasteiger charge is 2.20. The Morgan fingerprint density at radius 3 is 2.67 bits per heavy atom. The quantitative estimate of drug-likeness (QED) is 0.818. The maximum atomic E-state index is 13.0. The van der Waals surface area contributed by atoms with E-state index in [0.717, 1.165) is 10.4 Å². The Kier molecular flexibility index (Phi) is 5.03. The number of aryl methyl sites for hydroxylation is 1. The van der Waals surface area contributed by atoms with Crippen molar-refractivity contribution in [2.45, 2.75) is 17.7 Å². The van der Waals surface area contributed by atoms with Gasteiger partial charge in [0.15, 0.2) is 0 Å². The molecule has 8 heteroatoms. The zero-order valence-corrected chi connectivity index (χ0v) is 14.6. The summed E-state index contributed by atoms with van der Waals surface area (Å²) in [5.74, 6) is -0.437. The number of thiophene rings is 1. The number of anilines is 1. The van der Waals surface area contributed by atoms with E-state index in [1.165, 1.54) is 29.5 Å². The zero-order chi connectivity index (χ0) is 15.6. The smallest absolute Gasteiger partial charge is 0.271 e. The van der Waals surface area contributed by atoms with Crippen LogP contribution in [0, 0.1) is 12.7 Å². The van der Waals surface area contributed by atoms with E-state index in [4.69, 9.17) is 0 Å². The summed E-state index contributed by atoms with van der Waals surface area (Å²) < 4.78 is 40.8. The molecular formula is C13H14BrFN2O2S2. The van der Waals surface area contributed by atoms with Crippen LogP contribution in [-0.2, 0) is 16.6 Å². The van der Waals surface area contributed by atoms with Gasteiger partial charge in [-0.3, -0.25) is 4.72 Å². The normalized spacial score (nSPS) is 11.6. The first-order valence-corrected chi connectivity index (χ1v) is 9.14. The standard InChI is InChI=1S/C13H14BrFN2O2S2/c1-8-5-13(20-12(8)7-16-2)21(18,19)17-11-4-3-9(15)6-10(11)14/h3-6,16-17H,7H2,1-2H3. The third kappa shape index (κ3) is 3.82. The van der Waals surface area contributed by atoms with Crippen molar-refractivity contribution in [1.29, 1.82) is 0 Å². The third-order valence-corrected chi connectivity index (χ3v) is 6.51. The summed E-state index contributed by atoms with van der Waals surface area (Å²) in [4.78, 5) is 0.969. The van der Waals surface area contributed by atoms with Crippen LogP contribution in [0.5, 0.6) is 0 Å². The number of halogens is 2. The SMILES string of the molecule is CNCc1sc(S(=O)(=O)Nc2ccc(F)cc2Br)cc1C. The molecule has 1 heterocycles. The zero-order valence-electron chi connectivity index (χ0n) is 11.4. The Bertz CT molecular complexity index is 760. The van der Waals surface area contributed by atoms with Gasteiger partial charge in [0.25, 0.3) is 10.0 Å². The van der Waals surface area contributed by atoms with Crippen LogP contribution in [0.25, 0.3) is 0 Å². The van der Waals surface area contributed by atoms with Gasteiger partial charge in [-0.05, 0) is 59.7 Å². The van der Waals surface area contributed by atoms with E-state index < -0.39 is 15.8 Å². The highest BCUT2D eigenvalue weighted by Crippen LogP contribution is 2.30. The van der Waals surface area contributed by atoms with E-state index in [1.807, 2.05) is 6.92 Å². The molecule has 4 nitrogen and oxygen atoms in total. The van der Waals surface area contributed by atoms with Crippen molar-refractivity contribution in [3.63, 3.8) is 0 Å². The maximum Gasteiger partial charge on any atom is 0.271 e. The maximum absolute atomic E-state index is 13.0. The third-order valence-electron chi connectivity index (χ3n) is 2.78. The van der Waals surface area contributed by atoms with Gasteiger partial charge in [-0.15, -0.1) is 11.3 Å². The van der Waals surface area contributed by atoms with Crippen LogP contribution < -0.4 is 10.0 Å². The summed E-state index contributed by atoms with van der Waals surface area (Å²) in [7, 11) is -1.87. The van der Waals surface area contributed by atoms with Crippen LogP contribution in [0.3, 0.4) is 0 Å². The van der Waals surface area contributed by atoms with Gasteiger partial charge in [-0.1, -0.05) is 0 Å². The lowest BCUT2D eigenvalue weighted by molar-refractivity contribution is 0.602. The molecule has 2 aromatic rings. The van der Waals surface area contributed by atoms with E-state index in [1.54, 1.807) is 13.1 Å². The molecule has 1 aromatic heterocycles. The van der Waals surface area contributed by atoms with Crippen molar-refractivity contribution < 1.29 is 12.8 Å². The number of nitrogens with one attached hydrogen (secondary N) is 2. The van der Waals surface area contributed by atoms with Gasteiger partial charge in [0.1, 0.15) is 10.0 Å². The van der Waals surface area contributed by atoms with Crippen molar-refractivity contribution in [2.24, 2.45) is 0 Å². The number of hydrogen-bond donors (Lipinski definition) is 2. The molecular weight excluding hydrogens is 379 g/mol. The van der Waals surface area contributed by atoms with E-state index in [0.29, 0.717) is 16.7 Å². The molecule has 114 valence electrons. The largest absolute Gasteiger partial charge is 0.315 e. The summed E-state index contributed by atoms with van der Waals surface area (Å²) in [6.07, 6.45) is 0. The number of hydrogen-bond acceptors (Lipinski definition) is 4. The van der Waals surface area contributed by atoms with Gasteiger partial charge in [0.05, 0.1) is 5.69 Å². The molecule has 2 N–H and O–H groups in total. The molecule has 0 saturated carbocycles. The first-order valence-electron chi connectivity index (χ1n) is 6.05. The Morgan fingerprint density at radius 1 is 1.33 bits per heavy atom. The molecule has 0 unspecified atom stereocenters. The highest BCUT2D eigenvalue weighted by molar-refractivity contribution is 9.10. The molecule has 0 spiro atoms. The van der Waals surface area contributed by atoms with Crippen LogP contribution in [-0.4, -0.2) is 15.5 Å². The minimum atomic E-state index is -3.68. The van der Waals surface area contributed by atoms with E-state index in [-0.39, 0.29) is 4.21 Å². The molecule has 0 fully saturated rings. The molecule has 0 amide bonds. The van der Waals surface area contributed by atoms with Crippen molar-refractivity contribution >= 4 is 43.0 Å². The Morgan fingerprint density at radius 2 is 2.05 bits per heavy atom. The van der Waals surface area contributed by atoms with Gasteiger partial charge < -0.3 is 5.32 Å². The monoisotopic (exact) mass is 392 g/mol. The second-order valence-electron chi connectivity index (χ2n) is 4.43. The fourth-order valence-electron chi connectivity index (χ4n) is 1.72. The fraction of sp³-hybridized carbons (Fsp3) is 0.231. The van der Waals surface area contributed by atoms with E-state index in [2.05, 4.69) is 26.0 Å². The van der Waals surface area contributed by atoms with Crippen LogP contribution in [0.15, 0.2) is 32.9 Å². The average Bonchev–Trinajstić information content (AvgIpc) is 2.76.